The van der Waals surface area contributed by atoms with Gasteiger partial charge < -0.3 is 11.1 Å². The Labute approximate surface area is 93.9 Å². The van der Waals surface area contributed by atoms with Crippen molar-refractivity contribution >= 4 is 23.2 Å². The zero-order valence-electron chi connectivity index (χ0n) is 8.46. The summed E-state index contributed by atoms with van der Waals surface area (Å²) in [7, 11) is 0. The molecule has 0 saturated heterocycles. The Balaban J connectivity index is 2.61. The van der Waals surface area contributed by atoms with E-state index in [1.54, 1.807) is 12.1 Å². The van der Waals surface area contributed by atoms with E-state index in [1.165, 1.54) is 5.54 Å². The molecule has 1 rings (SSSR count). The molecule has 3 N–H and O–H groups in total. The Bertz CT molecular complexity index is 371. The molecular weight excluding hydrogens is 212 g/mol. The third-order valence-corrected chi connectivity index (χ3v) is 2.30. The highest BCUT2D eigenvalue weighted by atomic mass is 35.5. The summed E-state index contributed by atoms with van der Waals surface area (Å²) in [6.45, 7) is 2.61. The molecule has 1 amide bonds. The molecule has 0 bridgehead atoms. The summed E-state index contributed by atoms with van der Waals surface area (Å²) < 4.78 is 0. The van der Waals surface area contributed by atoms with Crippen LogP contribution in [0.3, 0.4) is 0 Å². The van der Waals surface area contributed by atoms with Gasteiger partial charge in [0, 0.05) is 23.3 Å². The molecule has 0 unspecified atom stereocenters. The molecule has 0 heterocycles. The summed E-state index contributed by atoms with van der Waals surface area (Å²) in [4.78, 5) is 10.8. The molecule has 0 saturated carbocycles. The van der Waals surface area contributed by atoms with Crippen molar-refractivity contribution in [3.8, 4) is 0 Å². The Morgan fingerprint density at radius 2 is 2.07 bits per heavy atom. The number of halogens is 1. The maximum Gasteiger partial charge on any atom is 0.248 e. The fourth-order valence-corrected chi connectivity index (χ4v) is 1.11. The third-order valence-electron chi connectivity index (χ3n) is 1.93. The van der Waals surface area contributed by atoms with E-state index in [1.807, 2.05) is 19.1 Å². The van der Waals surface area contributed by atoms with Crippen molar-refractivity contribution in [2.24, 2.45) is 5.73 Å². The smallest absolute Gasteiger partial charge is 0.248 e. The van der Waals surface area contributed by atoms with E-state index in [-0.39, 0.29) is 0 Å². The minimum atomic E-state index is -0.418. The number of primary amides is 1. The second-order valence-electron chi connectivity index (χ2n) is 3.25. The summed E-state index contributed by atoms with van der Waals surface area (Å²) in [5.74, 6) is -0.418. The van der Waals surface area contributed by atoms with Gasteiger partial charge in [-0.2, -0.15) is 0 Å². The third kappa shape index (κ3) is 3.64. The molecule has 80 valence electrons. The van der Waals surface area contributed by atoms with Crippen molar-refractivity contribution < 1.29 is 4.79 Å². The number of carbonyl (C=O) groups is 1. The van der Waals surface area contributed by atoms with Crippen molar-refractivity contribution in [2.75, 3.05) is 11.9 Å². The lowest BCUT2D eigenvalue weighted by molar-refractivity contribution is 0.100. The van der Waals surface area contributed by atoms with Crippen LogP contribution in [0.25, 0.3) is 0 Å². The number of anilines is 1. The molecule has 15 heavy (non-hydrogen) atoms. The van der Waals surface area contributed by atoms with E-state index >= 15 is 0 Å². The molecule has 0 aliphatic carbocycles. The van der Waals surface area contributed by atoms with Crippen LogP contribution in [-0.4, -0.2) is 12.5 Å². The van der Waals surface area contributed by atoms with Gasteiger partial charge in [-0.25, -0.2) is 0 Å². The zero-order valence-corrected chi connectivity index (χ0v) is 9.21. The molecule has 1 aromatic carbocycles. The van der Waals surface area contributed by atoms with Crippen molar-refractivity contribution in [3.05, 3.63) is 40.9 Å². The van der Waals surface area contributed by atoms with Crippen LogP contribution in [0.5, 0.6) is 0 Å². The van der Waals surface area contributed by atoms with Crippen LogP contribution in [0.15, 0.2) is 35.4 Å². The minimum absolute atomic E-state index is 0.418. The van der Waals surface area contributed by atoms with Gasteiger partial charge in [0.25, 0.3) is 0 Å². The van der Waals surface area contributed by atoms with Gasteiger partial charge >= 0.3 is 0 Å². The first-order valence-electron chi connectivity index (χ1n) is 4.53. The van der Waals surface area contributed by atoms with Crippen LogP contribution in [0.4, 0.5) is 5.69 Å². The number of hydrogen-bond acceptors (Lipinski definition) is 2. The monoisotopic (exact) mass is 224 g/mol. The van der Waals surface area contributed by atoms with Gasteiger partial charge in [-0.15, -0.1) is 0 Å². The van der Waals surface area contributed by atoms with Crippen molar-refractivity contribution in [2.45, 2.75) is 6.92 Å². The second kappa shape index (κ2) is 5.41. The van der Waals surface area contributed by atoms with Gasteiger partial charge in [0.2, 0.25) is 5.91 Å². The summed E-state index contributed by atoms with van der Waals surface area (Å²) in [6.07, 6.45) is 0. The number of hydrogen-bond donors (Lipinski definition) is 2. The van der Waals surface area contributed by atoms with E-state index in [2.05, 4.69) is 5.32 Å². The molecule has 1 aromatic rings. The van der Waals surface area contributed by atoms with E-state index < -0.39 is 5.91 Å². The lowest BCUT2D eigenvalue weighted by Gasteiger charge is -2.06. The molecule has 0 atom stereocenters. The number of nitrogens with one attached hydrogen (secondary N) is 1. The van der Waals surface area contributed by atoms with E-state index in [9.17, 15) is 4.79 Å². The summed E-state index contributed by atoms with van der Waals surface area (Å²) >= 11 is 5.52. The van der Waals surface area contributed by atoms with Crippen LogP contribution in [0.2, 0.25) is 0 Å². The first kappa shape index (κ1) is 11.6. The fourth-order valence-electron chi connectivity index (χ4n) is 1.03. The maximum atomic E-state index is 10.8. The number of benzene rings is 1. The average Bonchev–Trinajstić information content (AvgIpc) is 2.26. The van der Waals surface area contributed by atoms with Gasteiger partial charge in [0.1, 0.15) is 0 Å². The predicted molar refractivity (Wildman–Crippen MR) is 63.1 cm³/mol. The summed E-state index contributed by atoms with van der Waals surface area (Å²) in [5, 5.41) is 3.16. The van der Waals surface area contributed by atoms with Crippen LogP contribution < -0.4 is 11.1 Å². The van der Waals surface area contributed by atoms with Gasteiger partial charge in [-0.3, -0.25) is 4.79 Å². The normalized spacial score (nSPS) is 11.2. The van der Waals surface area contributed by atoms with Crippen molar-refractivity contribution in [3.63, 3.8) is 0 Å². The highest BCUT2D eigenvalue weighted by molar-refractivity contribution is 6.25. The first-order valence-corrected chi connectivity index (χ1v) is 4.96. The SMILES string of the molecule is C/C(=C/Cl)CNc1ccc(C(N)=O)cc1. The van der Waals surface area contributed by atoms with Crippen LogP contribution in [0.1, 0.15) is 17.3 Å². The number of amides is 1. The van der Waals surface area contributed by atoms with Crippen LogP contribution >= 0.6 is 11.6 Å². The molecule has 3 nitrogen and oxygen atoms in total. The topological polar surface area (TPSA) is 55.1 Å². The quantitative estimate of drug-likeness (QED) is 0.825. The predicted octanol–water partition coefficient (Wildman–Crippen LogP) is 2.34. The number of carbonyl (C=O) groups excluding carboxylic acids is 1. The Kier molecular flexibility index (Phi) is 4.18. The van der Waals surface area contributed by atoms with Gasteiger partial charge in [-0.05, 0) is 36.8 Å². The van der Waals surface area contributed by atoms with Crippen molar-refractivity contribution in [1.82, 2.24) is 0 Å². The average molecular weight is 225 g/mol. The molecule has 0 aromatic heterocycles. The molecule has 4 heteroatoms. The fraction of sp³-hybridized carbons (Fsp3) is 0.182. The molecule has 0 fully saturated rings. The maximum absolute atomic E-state index is 10.8. The van der Waals surface area contributed by atoms with Crippen LogP contribution in [-0.2, 0) is 0 Å². The number of nitrogens with two attached hydrogens (primary N) is 1. The molecule has 0 aliphatic rings. The van der Waals surface area contributed by atoms with Crippen LogP contribution in [0, 0.1) is 0 Å². The molecular formula is C11H13ClN2O. The van der Waals surface area contributed by atoms with E-state index in [0.29, 0.717) is 12.1 Å². The molecule has 0 aliphatic heterocycles. The van der Waals surface area contributed by atoms with Crippen molar-refractivity contribution in [1.29, 1.82) is 0 Å². The Morgan fingerprint density at radius 3 is 2.53 bits per heavy atom. The Hall–Kier alpha value is -1.48. The van der Waals surface area contributed by atoms with Gasteiger partial charge in [-0.1, -0.05) is 11.6 Å². The standard InChI is InChI=1S/C11H13ClN2O/c1-8(6-12)7-14-10-4-2-9(3-5-10)11(13)15/h2-6,14H,7H2,1H3,(H2,13,15)/b8-6-. The zero-order chi connectivity index (χ0) is 11.3. The lowest BCUT2D eigenvalue weighted by Crippen LogP contribution is -2.10. The lowest BCUT2D eigenvalue weighted by atomic mass is 10.2. The van der Waals surface area contributed by atoms with E-state index in [0.717, 1.165) is 11.3 Å². The highest BCUT2D eigenvalue weighted by Gasteiger charge is 1.98. The van der Waals surface area contributed by atoms with Gasteiger partial charge in [0.15, 0.2) is 0 Å². The first-order chi connectivity index (χ1) is 7.13. The summed E-state index contributed by atoms with van der Waals surface area (Å²) in [5.41, 5.74) is 9.13. The molecule has 0 spiro atoms. The molecule has 0 radical (unpaired) electrons. The number of rotatable bonds is 4. The highest BCUT2D eigenvalue weighted by Crippen LogP contribution is 2.09. The second-order valence-corrected chi connectivity index (χ2v) is 3.47. The Morgan fingerprint density at radius 1 is 1.47 bits per heavy atom. The van der Waals surface area contributed by atoms with E-state index in [4.69, 9.17) is 17.3 Å². The largest absolute Gasteiger partial charge is 0.381 e. The summed E-state index contributed by atoms with van der Waals surface area (Å²) in [6, 6.07) is 6.98. The minimum Gasteiger partial charge on any atom is -0.381 e. The van der Waals surface area contributed by atoms with Gasteiger partial charge in [0.05, 0.1) is 0 Å².